The standard InChI is InChI=1S/C9H10N2/c1-6-3-8-9(11-4-6)7(2)5-10-8/h3-5,10H,1-2H3. The lowest BCUT2D eigenvalue weighted by Crippen LogP contribution is -1.78. The molecule has 2 aromatic heterocycles. The van der Waals surface area contributed by atoms with Crippen LogP contribution in [0.15, 0.2) is 18.5 Å². The fourth-order valence-electron chi connectivity index (χ4n) is 1.25. The number of rotatable bonds is 0. The molecule has 0 aliphatic carbocycles. The number of aromatic nitrogens is 2. The van der Waals surface area contributed by atoms with Gasteiger partial charge in [-0.05, 0) is 31.0 Å². The molecule has 0 radical (unpaired) electrons. The largest absolute Gasteiger partial charge is 0.360 e. The zero-order valence-corrected chi connectivity index (χ0v) is 6.68. The van der Waals surface area contributed by atoms with Gasteiger partial charge in [0.1, 0.15) is 0 Å². The van der Waals surface area contributed by atoms with Crippen molar-refractivity contribution in [3.63, 3.8) is 0 Å². The Morgan fingerprint density at radius 1 is 1.36 bits per heavy atom. The molecule has 0 bridgehead atoms. The van der Waals surface area contributed by atoms with Gasteiger partial charge in [0, 0.05) is 12.4 Å². The van der Waals surface area contributed by atoms with Gasteiger partial charge in [-0.3, -0.25) is 4.98 Å². The molecule has 2 heteroatoms. The second-order valence-electron chi connectivity index (χ2n) is 2.88. The highest BCUT2D eigenvalue weighted by atomic mass is 14.8. The monoisotopic (exact) mass is 146 g/mol. The van der Waals surface area contributed by atoms with Crippen molar-refractivity contribution in [2.45, 2.75) is 13.8 Å². The number of nitrogens with one attached hydrogen (secondary N) is 1. The summed E-state index contributed by atoms with van der Waals surface area (Å²) in [6, 6.07) is 2.11. The second-order valence-corrected chi connectivity index (χ2v) is 2.88. The molecule has 0 aliphatic rings. The van der Waals surface area contributed by atoms with Crippen LogP contribution in [0.2, 0.25) is 0 Å². The Morgan fingerprint density at radius 3 is 3.00 bits per heavy atom. The smallest absolute Gasteiger partial charge is 0.0908 e. The number of aromatic amines is 1. The van der Waals surface area contributed by atoms with Gasteiger partial charge in [0.2, 0.25) is 0 Å². The third-order valence-electron chi connectivity index (χ3n) is 1.84. The van der Waals surface area contributed by atoms with Crippen molar-refractivity contribution in [1.29, 1.82) is 0 Å². The van der Waals surface area contributed by atoms with E-state index in [1.165, 1.54) is 11.1 Å². The maximum absolute atomic E-state index is 4.31. The van der Waals surface area contributed by atoms with Gasteiger partial charge >= 0.3 is 0 Å². The minimum absolute atomic E-state index is 1.08. The summed E-state index contributed by atoms with van der Waals surface area (Å²) in [6.45, 7) is 4.10. The predicted octanol–water partition coefficient (Wildman–Crippen LogP) is 2.18. The normalized spacial score (nSPS) is 10.7. The van der Waals surface area contributed by atoms with Gasteiger partial charge in [-0.1, -0.05) is 0 Å². The van der Waals surface area contributed by atoms with Gasteiger partial charge in [0.15, 0.2) is 0 Å². The van der Waals surface area contributed by atoms with E-state index in [2.05, 4.69) is 23.0 Å². The molecular formula is C9H10N2. The quantitative estimate of drug-likeness (QED) is 0.606. The van der Waals surface area contributed by atoms with Gasteiger partial charge < -0.3 is 4.98 Å². The summed E-state index contributed by atoms with van der Waals surface area (Å²) in [5.41, 5.74) is 4.61. The van der Waals surface area contributed by atoms with Crippen LogP contribution in [0.5, 0.6) is 0 Å². The van der Waals surface area contributed by atoms with Crippen LogP contribution in [0.25, 0.3) is 11.0 Å². The molecule has 0 saturated heterocycles. The Kier molecular flexibility index (Phi) is 1.22. The predicted molar refractivity (Wildman–Crippen MR) is 45.6 cm³/mol. The van der Waals surface area contributed by atoms with Crippen LogP contribution in [-0.4, -0.2) is 9.97 Å². The fourth-order valence-corrected chi connectivity index (χ4v) is 1.25. The van der Waals surface area contributed by atoms with Crippen LogP contribution in [-0.2, 0) is 0 Å². The zero-order chi connectivity index (χ0) is 7.84. The van der Waals surface area contributed by atoms with Crippen molar-refractivity contribution in [2.75, 3.05) is 0 Å². The van der Waals surface area contributed by atoms with E-state index in [9.17, 15) is 0 Å². The van der Waals surface area contributed by atoms with E-state index in [1.807, 2.05) is 19.3 Å². The van der Waals surface area contributed by atoms with E-state index in [1.54, 1.807) is 0 Å². The number of hydrogen-bond donors (Lipinski definition) is 1. The van der Waals surface area contributed by atoms with Crippen molar-refractivity contribution >= 4 is 11.0 Å². The summed E-state index contributed by atoms with van der Waals surface area (Å²) in [5.74, 6) is 0. The van der Waals surface area contributed by atoms with Gasteiger partial charge in [-0.15, -0.1) is 0 Å². The lowest BCUT2D eigenvalue weighted by molar-refractivity contribution is 1.32. The van der Waals surface area contributed by atoms with Crippen molar-refractivity contribution in [3.8, 4) is 0 Å². The van der Waals surface area contributed by atoms with Crippen LogP contribution in [0.4, 0.5) is 0 Å². The third kappa shape index (κ3) is 0.909. The van der Waals surface area contributed by atoms with E-state index in [0.717, 1.165) is 11.0 Å². The third-order valence-corrected chi connectivity index (χ3v) is 1.84. The molecule has 0 atom stereocenters. The molecule has 0 unspecified atom stereocenters. The number of hydrogen-bond acceptors (Lipinski definition) is 1. The maximum atomic E-state index is 4.31. The molecule has 0 aromatic carbocycles. The summed E-state index contributed by atoms with van der Waals surface area (Å²) in [5, 5.41) is 0. The van der Waals surface area contributed by atoms with Crippen LogP contribution in [0, 0.1) is 13.8 Å². The molecule has 0 aliphatic heterocycles. The second kappa shape index (κ2) is 2.09. The molecular weight excluding hydrogens is 136 g/mol. The van der Waals surface area contributed by atoms with E-state index in [0.29, 0.717) is 0 Å². The highest BCUT2D eigenvalue weighted by Crippen LogP contribution is 2.14. The van der Waals surface area contributed by atoms with Crippen molar-refractivity contribution < 1.29 is 0 Å². The summed E-state index contributed by atoms with van der Waals surface area (Å²) in [7, 11) is 0. The molecule has 11 heavy (non-hydrogen) atoms. The molecule has 0 amide bonds. The van der Waals surface area contributed by atoms with Crippen LogP contribution < -0.4 is 0 Å². The highest BCUT2D eigenvalue weighted by Gasteiger charge is 1.98. The number of pyridine rings is 1. The lowest BCUT2D eigenvalue weighted by Gasteiger charge is -1.91. The summed E-state index contributed by atoms with van der Waals surface area (Å²) >= 11 is 0. The van der Waals surface area contributed by atoms with Crippen molar-refractivity contribution in [2.24, 2.45) is 0 Å². The average molecular weight is 146 g/mol. The SMILES string of the molecule is Cc1cnc2c(C)c[nH]c2c1. The van der Waals surface area contributed by atoms with Gasteiger partial charge in [0.25, 0.3) is 0 Å². The Labute approximate surface area is 65.3 Å². The number of aryl methyl sites for hydroxylation is 2. The lowest BCUT2D eigenvalue weighted by atomic mass is 10.2. The summed E-state index contributed by atoms with van der Waals surface area (Å²) < 4.78 is 0. The Hall–Kier alpha value is -1.31. The Balaban J connectivity index is 2.86. The van der Waals surface area contributed by atoms with Gasteiger partial charge in [-0.2, -0.15) is 0 Å². The first-order valence-corrected chi connectivity index (χ1v) is 3.68. The maximum Gasteiger partial charge on any atom is 0.0908 e. The van der Waals surface area contributed by atoms with E-state index < -0.39 is 0 Å². The highest BCUT2D eigenvalue weighted by molar-refractivity contribution is 5.78. The minimum Gasteiger partial charge on any atom is -0.360 e. The first-order chi connectivity index (χ1) is 5.27. The van der Waals surface area contributed by atoms with E-state index >= 15 is 0 Å². The fraction of sp³-hybridized carbons (Fsp3) is 0.222. The van der Waals surface area contributed by atoms with Crippen molar-refractivity contribution in [1.82, 2.24) is 9.97 Å². The van der Waals surface area contributed by atoms with Crippen molar-refractivity contribution in [3.05, 3.63) is 29.6 Å². The Bertz CT molecular complexity index is 387. The number of nitrogens with zero attached hydrogens (tertiary/aromatic N) is 1. The first-order valence-electron chi connectivity index (χ1n) is 3.68. The van der Waals surface area contributed by atoms with E-state index in [-0.39, 0.29) is 0 Å². The number of H-pyrrole nitrogens is 1. The molecule has 0 spiro atoms. The van der Waals surface area contributed by atoms with E-state index in [4.69, 9.17) is 0 Å². The summed E-state index contributed by atoms with van der Waals surface area (Å²) in [4.78, 5) is 7.48. The first kappa shape index (κ1) is 6.40. The molecule has 0 fully saturated rings. The van der Waals surface area contributed by atoms with Gasteiger partial charge in [0.05, 0.1) is 11.0 Å². The molecule has 2 nitrogen and oxygen atoms in total. The molecule has 0 saturated carbocycles. The molecule has 2 rings (SSSR count). The van der Waals surface area contributed by atoms with Crippen LogP contribution in [0.1, 0.15) is 11.1 Å². The van der Waals surface area contributed by atoms with Crippen LogP contribution >= 0.6 is 0 Å². The molecule has 2 heterocycles. The molecule has 1 N–H and O–H groups in total. The topological polar surface area (TPSA) is 28.7 Å². The Morgan fingerprint density at radius 2 is 2.18 bits per heavy atom. The molecule has 2 aromatic rings. The minimum atomic E-state index is 1.08. The number of fused-ring (bicyclic) bond motifs is 1. The summed E-state index contributed by atoms with van der Waals surface area (Å²) in [6.07, 6.45) is 3.88. The zero-order valence-electron chi connectivity index (χ0n) is 6.68. The average Bonchev–Trinajstić information content (AvgIpc) is 2.32. The van der Waals surface area contributed by atoms with Gasteiger partial charge in [-0.25, -0.2) is 0 Å². The molecule has 56 valence electrons. The van der Waals surface area contributed by atoms with Crippen LogP contribution in [0.3, 0.4) is 0 Å².